The molecule has 0 aliphatic heterocycles. The third-order valence-electron chi connectivity index (χ3n) is 3.68. The molecule has 2 rings (SSSR count). The zero-order valence-electron chi connectivity index (χ0n) is 11.5. The summed E-state index contributed by atoms with van der Waals surface area (Å²) >= 11 is 1.72. The van der Waals surface area contributed by atoms with Gasteiger partial charge in [-0.15, -0.1) is 0 Å². The zero-order valence-corrected chi connectivity index (χ0v) is 12.3. The lowest BCUT2D eigenvalue weighted by Gasteiger charge is -2.16. The van der Waals surface area contributed by atoms with E-state index in [4.69, 9.17) is 0 Å². The fraction of sp³-hybridized carbons (Fsp3) is 0.667. The van der Waals surface area contributed by atoms with Gasteiger partial charge in [0, 0.05) is 6.04 Å². The van der Waals surface area contributed by atoms with E-state index in [0.29, 0.717) is 12.6 Å². The first-order valence-electron chi connectivity index (χ1n) is 7.36. The molecule has 106 valence electrons. The lowest BCUT2D eigenvalue weighted by molar-refractivity contribution is -0.121. The molecular weight excluding hydrogens is 256 g/mol. The highest BCUT2D eigenvalue weighted by Crippen LogP contribution is 2.16. The Bertz CT molecular complexity index is 356. The van der Waals surface area contributed by atoms with Crippen LogP contribution >= 0.6 is 11.3 Å². The predicted molar refractivity (Wildman–Crippen MR) is 80.5 cm³/mol. The molecule has 19 heavy (non-hydrogen) atoms. The largest absolute Gasteiger partial charge is 0.352 e. The van der Waals surface area contributed by atoms with Crippen LogP contribution in [-0.2, 0) is 11.2 Å². The molecule has 2 N–H and O–H groups in total. The van der Waals surface area contributed by atoms with E-state index in [9.17, 15) is 4.79 Å². The fourth-order valence-electron chi connectivity index (χ4n) is 2.57. The Kier molecular flexibility index (Phi) is 6.37. The summed E-state index contributed by atoms with van der Waals surface area (Å²) in [6.45, 7) is 1.31. The molecular formula is C15H24N2OS. The van der Waals surface area contributed by atoms with E-state index in [1.165, 1.54) is 31.2 Å². The maximum atomic E-state index is 11.8. The third-order valence-corrected chi connectivity index (χ3v) is 4.41. The first-order chi connectivity index (χ1) is 9.34. The molecule has 4 heteroatoms. The van der Waals surface area contributed by atoms with Gasteiger partial charge in [0.15, 0.2) is 0 Å². The van der Waals surface area contributed by atoms with Crippen molar-refractivity contribution >= 4 is 17.2 Å². The Morgan fingerprint density at radius 3 is 2.74 bits per heavy atom. The second-order valence-corrected chi connectivity index (χ2v) is 6.09. The molecule has 0 radical (unpaired) electrons. The summed E-state index contributed by atoms with van der Waals surface area (Å²) in [5.41, 5.74) is 1.35. The monoisotopic (exact) mass is 280 g/mol. The molecule has 0 saturated heterocycles. The number of carbonyl (C=O) groups excluding carboxylic acids is 1. The smallest absolute Gasteiger partial charge is 0.234 e. The van der Waals surface area contributed by atoms with Crippen LogP contribution in [0, 0.1) is 0 Å². The lowest BCUT2D eigenvalue weighted by atomic mass is 10.1. The molecule has 0 atom stereocenters. The summed E-state index contributed by atoms with van der Waals surface area (Å²) in [6.07, 6.45) is 8.48. The Balaban J connectivity index is 1.56. The van der Waals surface area contributed by atoms with Gasteiger partial charge in [-0.1, -0.05) is 25.7 Å². The van der Waals surface area contributed by atoms with E-state index >= 15 is 0 Å². The van der Waals surface area contributed by atoms with Crippen LogP contribution in [0.2, 0.25) is 0 Å². The summed E-state index contributed by atoms with van der Waals surface area (Å²) in [6, 6.07) is 2.55. The summed E-state index contributed by atoms with van der Waals surface area (Å²) in [5.74, 6) is 0.150. The highest BCUT2D eigenvalue weighted by atomic mass is 32.1. The van der Waals surface area contributed by atoms with Gasteiger partial charge < -0.3 is 10.6 Å². The highest BCUT2D eigenvalue weighted by molar-refractivity contribution is 7.07. The van der Waals surface area contributed by atoms with E-state index in [2.05, 4.69) is 27.5 Å². The standard InChI is InChI=1S/C15H24N2OS/c18-15(17-14-5-3-1-2-4-6-14)11-16-9-7-13-8-10-19-12-13/h8,10,12,14,16H,1-7,9,11H2,(H,17,18). The van der Waals surface area contributed by atoms with Gasteiger partial charge in [-0.3, -0.25) is 4.79 Å². The minimum absolute atomic E-state index is 0.150. The molecule has 1 amide bonds. The predicted octanol–water partition coefficient (Wildman–Crippen LogP) is 2.72. The van der Waals surface area contributed by atoms with Gasteiger partial charge in [0.25, 0.3) is 0 Å². The van der Waals surface area contributed by atoms with Gasteiger partial charge in [0.05, 0.1) is 6.54 Å². The molecule has 1 saturated carbocycles. The molecule has 0 aromatic carbocycles. The van der Waals surface area contributed by atoms with E-state index in [-0.39, 0.29) is 5.91 Å². The van der Waals surface area contributed by atoms with Crippen molar-refractivity contribution in [3.05, 3.63) is 22.4 Å². The van der Waals surface area contributed by atoms with Gasteiger partial charge in [0.1, 0.15) is 0 Å². The van der Waals surface area contributed by atoms with E-state index in [0.717, 1.165) is 25.8 Å². The van der Waals surface area contributed by atoms with Crippen LogP contribution in [-0.4, -0.2) is 25.0 Å². The van der Waals surface area contributed by atoms with Crippen LogP contribution in [0.4, 0.5) is 0 Å². The van der Waals surface area contributed by atoms with Crippen LogP contribution in [0.1, 0.15) is 44.1 Å². The Morgan fingerprint density at radius 1 is 1.26 bits per heavy atom. The zero-order chi connectivity index (χ0) is 13.3. The Hall–Kier alpha value is -0.870. The van der Waals surface area contributed by atoms with Crippen molar-refractivity contribution in [2.75, 3.05) is 13.1 Å². The van der Waals surface area contributed by atoms with E-state index < -0.39 is 0 Å². The van der Waals surface area contributed by atoms with Crippen molar-refractivity contribution in [1.29, 1.82) is 0 Å². The maximum Gasteiger partial charge on any atom is 0.234 e. The highest BCUT2D eigenvalue weighted by Gasteiger charge is 2.14. The first kappa shape index (κ1) is 14.5. The topological polar surface area (TPSA) is 41.1 Å². The number of hydrogen-bond donors (Lipinski definition) is 2. The molecule has 1 aromatic heterocycles. The van der Waals surface area contributed by atoms with Crippen molar-refractivity contribution in [3.8, 4) is 0 Å². The maximum absolute atomic E-state index is 11.8. The average molecular weight is 280 g/mol. The minimum Gasteiger partial charge on any atom is -0.352 e. The van der Waals surface area contributed by atoms with Crippen molar-refractivity contribution < 1.29 is 4.79 Å². The molecule has 0 spiro atoms. The van der Waals surface area contributed by atoms with Crippen molar-refractivity contribution in [3.63, 3.8) is 0 Å². The number of nitrogens with one attached hydrogen (secondary N) is 2. The van der Waals surface area contributed by atoms with Crippen molar-refractivity contribution in [1.82, 2.24) is 10.6 Å². The van der Waals surface area contributed by atoms with Crippen LogP contribution < -0.4 is 10.6 Å². The van der Waals surface area contributed by atoms with E-state index in [1.54, 1.807) is 11.3 Å². The Labute approximate surface area is 119 Å². The Morgan fingerprint density at radius 2 is 2.05 bits per heavy atom. The SMILES string of the molecule is O=C(CNCCc1ccsc1)NC1CCCCCC1. The van der Waals surface area contributed by atoms with Gasteiger partial charge in [0.2, 0.25) is 5.91 Å². The minimum atomic E-state index is 0.150. The van der Waals surface area contributed by atoms with Gasteiger partial charge >= 0.3 is 0 Å². The van der Waals surface area contributed by atoms with Crippen LogP contribution in [0.3, 0.4) is 0 Å². The third kappa shape index (κ3) is 5.74. The molecule has 0 bridgehead atoms. The normalized spacial score (nSPS) is 17.1. The summed E-state index contributed by atoms with van der Waals surface area (Å²) in [4.78, 5) is 11.8. The second-order valence-electron chi connectivity index (χ2n) is 5.31. The first-order valence-corrected chi connectivity index (χ1v) is 8.30. The average Bonchev–Trinajstić information content (AvgIpc) is 2.79. The lowest BCUT2D eigenvalue weighted by Crippen LogP contribution is -2.40. The number of rotatable bonds is 6. The van der Waals surface area contributed by atoms with Crippen LogP contribution in [0.15, 0.2) is 16.8 Å². The van der Waals surface area contributed by atoms with Crippen molar-refractivity contribution in [2.24, 2.45) is 0 Å². The summed E-state index contributed by atoms with van der Waals surface area (Å²) < 4.78 is 0. The molecule has 0 unspecified atom stereocenters. The molecule has 1 aromatic rings. The van der Waals surface area contributed by atoms with Gasteiger partial charge in [-0.05, 0) is 48.2 Å². The van der Waals surface area contributed by atoms with Crippen LogP contribution in [0.25, 0.3) is 0 Å². The second kappa shape index (κ2) is 8.33. The number of thiophene rings is 1. The number of hydrogen-bond acceptors (Lipinski definition) is 3. The van der Waals surface area contributed by atoms with Gasteiger partial charge in [-0.2, -0.15) is 11.3 Å². The molecule has 3 nitrogen and oxygen atoms in total. The molecule has 1 heterocycles. The van der Waals surface area contributed by atoms with Crippen molar-refractivity contribution in [2.45, 2.75) is 51.0 Å². The molecule has 1 aliphatic rings. The summed E-state index contributed by atoms with van der Waals surface area (Å²) in [5, 5.41) is 10.6. The van der Waals surface area contributed by atoms with E-state index in [1.807, 2.05) is 0 Å². The summed E-state index contributed by atoms with van der Waals surface area (Å²) in [7, 11) is 0. The number of carbonyl (C=O) groups is 1. The van der Waals surface area contributed by atoms with Gasteiger partial charge in [-0.25, -0.2) is 0 Å². The number of amides is 1. The fourth-order valence-corrected chi connectivity index (χ4v) is 3.28. The van der Waals surface area contributed by atoms with Crippen LogP contribution in [0.5, 0.6) is 0 Å². The molecule has 1 fully saturated rings. The molecule has 1 aliphatic carbocycles. The quantitative estimate of drug-likeness (QED) is 0.621.